The molecule has 0 saturated carbocycles. The molecule has 0 fully saturated rings. The Morgan fingerprint density at radius 3 is 2.69 bits per heavy atom. The van der Waals surface area contributed by atoms with Crippen molar-refractivity contribution in [2.24, 2.45) is 5.10 Å². The average Bonchev–Trinajstić information content (AvgIpc) is 3.05. The van der Waals surface area contributed by atoms with Gasteiger partial charge in [0.1, 0.15) is 0 Å². The van der Waals surface area contributed by atoms with Gasteiger partial charge in [0.2, 0.25) is 11.1 Å². The van der Waals surface area contributed by atoms with Gasteiger partial charge in [0.25, 0.3) is 5.95 Å². The third-order valence-corrected chi connectivity index (χ3v) is 5.48. The van der Waals surface area contributed by atoms with E-state index in [1.54, 1.807) is 36.5 Å². The number of aromatic nitrogens is 3. The summed E-state index contributed by atoms with van der Waals surface area (Å²) in [5.41, 5.74) is 3.96. The smallest absolute Gasteiger partial charge is 0.264 e. The predicted octanol–water partition coefficient (Wildman–Crippen LogP) is 4.13. The van der Waals surface area contributed by atoms with Crippen LogP contribution < -0.4 is 16.6 Å². The zero-order valence-corrected chi connectivity index (χ0v) is 17.7. The van der Waals surface area contributed by atoms with E-state index in [0.29, 0.717) is 20.9 Å². The lowest BCUT2D eigenvalue weighted by atomic mass is 10.2. The van der Waals surface area contributed by atoms with Gasteiger partial charge in [-0.3, -0.25) is 4.79 Å². The van der Waals surface area contributed by atoms with Gasteiger partial charge in [-0.2, -0.15) is 5.10 Å². The number of hydrazone groups is 1. The number of amides is 1. The Bertz CT molecular complexity index is 1040. The average molecular weight is 471 g/mol. The second-order valence-electron chi connectivity index (χ2n) is 5.54. The van der Waals surface area contributed by atoms with Crippen LogP contribution in [0.3, 0.4) is 0 Å². The zero-order valence-electron chi connectivity index (χ0n) is 14.6. The standard InChI is InChI=1S/C17H14Cl3N7OS/c18-11-6-4-10(5-7-11)8-22-24-16-25-26-17(27(16)21)29-9-14(28)23-13-3-1-2-12(19)15(13)20/h1-8H,9,21H2,(H,23,28)(H,24,25)/b22-8+. The molecule has 8 nitrogen and oxygen atoms in total. The van der Waals surface area contributed by atoms with Crippen molar-refractivity contribution in [3.05, 3.63) is 63.1 Å². The van der Waals surface area contributed by atoms with E-state index in [-0.39, 0.29) is 22.6 Å². The summed E-state index contributed by atoms with van der Waals surface area (Å²) >= 11 is 18.9. The Labute approximate surface area is 185 Å². The molecular weight excluding hydrogens is 457 g/mol. The third kappa shape index (κ3) is 5.77. The van der Waals surface area contributed by atoms with Gasteiger partial charge >= 0.3 is 0 Å². The minimum absolute atomic E-state index is 0.0478. The van der Waals surface area contributed by atoms with E-state index in [1.807, 2.05) is 12.1 Å². The summed E-state index contributed by atoms with van der Waals surface area (Å²) < 4.78 is 1.20. The van der Waals surface area contributed by atoms with Gasteiger partial charge in [-0.25, -0.2) is 10.1 Å². The van der Waals surface area contributed by atoms with Gasteiger partial charge in [-0.05, 0) is 29.8 Å². The summed E-state index contributed by atoms with van der Waals surface area (Å²) in [6, 6.07) is 12.1. The third-order valence-electron chi connectivity index (χ3n) is 3.47. The molecular formula is C17H14Cl3N7OS. The number of thioether (sulfide) groups is 1. The number of halogens is 3. The summed E-state index contributed by atoms with van der Waals surface area (Å²) in [6.07, 6.45) is 1.58. The Morgan fingerprint density at radius 2 is 1.93 bits per heavy atom. The number of hydrogen-bond acceptors (Lipinski definition) is 7. The molecule has 29 heavy (non-hydrogen) atoms. The highest BCUT2D eigenvalue weighted by Crippen LogP contribution is 2.29. The molecule has 0 saturated heterocycles. The largest absolute Gasteiger partial charge is 0.334 e. The van der Waals surface area contributed by atoms with Crippen LogP contribution in [0.2, 0.25) is 15.1 Å². The van der Waals surface area contributed by atoms with Gasteiger partial charge < -0.3 is 11.2 Å². The fraction of sp³-hybridized carbons (Fsp3) is 0.0588. The molecule has 0 aliphatic heterocycles. The first kappa shape index (κ1) is 21.3. The molecule has 4 N–H and O–H groups in total. The molecule has 0 atom stereocenters. The van der Waals surface area contributed by atoms with Gasteiger partial charge in [0, 0.05) is 5.02 Å². The van der Waals surface area contributed by atoms with E-state index in [4.69, 9.17) is 40.6 Å². The fourth-order valence-electron chi connectivity index (χ4n) is 2.08. The van der Waals surface area contributed by atoms with Crippen molar-refractivity contribution >= 4 is 70.3 Å². The van der Waals surface area contributed by atoms with E-state index >= 15 is 0 Å². The van der Waals surface area contributed by atoms with Crippen LogP contribution in [-0.2, 0) is 4.79 Å². The molecule has 12 heteroatoms. The van der Waals surface area contributed by atoms with E-state index < -0.39 is 0 Å². The molecule has 1 aromatic heterocycles. The number of nitrogens with zero attached hydrogens (tertiary/aromatic N) is 4. The maximum atomic E-state index is 12.1. The molecule has 0 radical (unpaired) electrons. The first-order chi connectivity index (χ1) is 13.9. The van der Waals surface area contributed by atoms with E-state index in [2.05, 4.69) is 26.0 Å². The van der Waals surface area contributed by atoms with Crippen LogP contribution in [0.5, 0.6) is 0 Å². The van der Waals surface area contributed by atoms with Crippen LogP contribution in [0.4, 0.5) is 11.6 Å². The number of nitrogens with one attached hydrogen (secondary N) is 2. The van der Waals surface area contributed by atoms with Crippen LogP contribution in [0, 0.1) is 0 Å². The van der Waals surface area contributed by atoms with Crippen molar-refractivity contribution in [2.45, 2.75) is 5.16 Å². The highest BCUT2D eigenvalue weighted by Gasteiger charge is 2.13. The van der Waals surface area contributed by atoms with Crippen LogP contribution in [0.1, 0.15) is 5.56 Å². The van der Waals surface area contributed by atoms with Gasteiger partial charge in [0.15, 0.2) is 0 Å². The molecule has 150 valence electrons. The summed E-state index contributed by atoms with van der Waals surface area (Å²) in [4.78, 5) is 12.1. The number of benzene rings is 2. The summed E-state index contributed by atoms with van der Waals surface area (Å²) in [5, 5.41) is 16.2. The highest BCUT2D eigenvalue weighted by atomic mass is 35.5. The lowest BCUT2D eigenvalue weighted by Crippen LogP contribution is -2.17. The Hall–Kier alpha value is -2.46. The van der Waals surface area contributed by atoms with Crippen LogP contribution in [-0.4, -0.2) is 32.7 Å². The number of nitrogen functional groups attached to an aromatic ring is 1. The fourth-order valence-corrected chi connectivity index (χ4v) is 3.21. The van der Waals surface area contributed by atoms with E-state index in [1.165, 1.54) is 4.68 Å². The van der Waals surface area contributed by atoms with Crippen molar-refractivity contribution in [3.63, 3.8) is 0 Å². The molecule has 1 heterocycles. The van der Waals surface area contributed by atoms with Crippen LogP contribution in [0.15, 0.2) is 52.7 Å². The summed E-state index contributed by atoms with van der Waals surface area (Å²) in [5.74, 6) is 5.90. The Morgan fingerprint density at radius 1 is 1.17 bits per heavy atom. The topological polar surface area (TPSA) is 110 Å². The maximum Gasteiger partial charge on any atom is 0.264 e. The number of carbonyl (C=O) groups is 1. The lowest BCUT2D eigenvalue weighted by molar-refractivity contribution is -0.113. The van der Waals surface area contributed by atoms with Crippen molar-refractivity contribution in [2.75, 3.05) is 22.3 Å². The molecule has 0 aliphatic carbocycles. The maximum absolute atomic E-state index is 12.1. The molecule has 0 unspecified atom stereocenters. The molecule has 0 aliphatic rings. The van der Waals surface area contributed by atoms with Crippen molar-refractivity contribution in [3.8, 4) is 0 Å². The molecule has 3 aromatic rings. The molecule has 0 bridgehead atoms. The second-order valence-corrected chi connectivity index (χ2v) is 7.70. The monoisotopic (exact) mass is 469 g/mol. The van der Waals surface area contributed by atoms with E-state index in [9.17, 15) is 4.79 Å². The van der Waals surface area contributed by atoms with Gasteiger partial charge in [-0.15, -0.1) is 10.2 Å². The summed E-state index contributed by atoms with van der Waals surface area (Å²) in [7, 11) is 0. The van der Waals surface area contributed by atoms with Crippen molar-refractivity contribution in [1.29, 1.82) is 0 Å². The SMILES string of the molecule is Nn1c(N/N=C/c2ccc(Cl)cc2)nnc1SCC(=O)Nc1cccc(Cl)c1Cl. The number of carbonyl (C=O) groups excluding carboxylic acids is 1. The zero-order chi connectivity index (χ0) is 20.8. The van der Waals surface area contributed by atoms with E-state index in [0.717, 1.165) is 17.3 Å². The van der Waals surface area contributed by atoms with Crippen LogP contribution in [0.25, 0.3) is 0 Å². The first-order valence-corrected chi connectivity index (χ1v) is 10.2. The molecule has 3 rings (SSSR count). The Kier molecular flexibility index (Phi) is 7.21. The summed E-state index contributed by atoms with van der Waals surface area (Å²) in [6.45, 7) is 0. The number of hydrogen-bond donors (Lipinski definition) is 3. The molecule has 1 amide bonds. The van der Waals surface area contributed by atoms with Crippen molar-refractivity contribution < 1.29 is 4.79 Å². The number of anilines is 2. The predicted molar refractivity (Wildman–Crippen MR) is 119 cm³/mol. The molecule has 0 spiro atoms. The normalized spacial score (nSPS) is 11.0. The minimum Gasteiger partial charge on any atom is -0.334 e. The van der Waals surface area contributed by atoms with Crippen molar-refractivity contribution in [1.82, 2.24) is 14.9 Å². The van der Waals surface area contributed by atoms with Gasteiger partial charge in [-0.1, -0.05) is 64.8 Å². The number of nitrogens with two attached hydrogens (primary N) is 1. The molecule has 2 aromatic carbocycles. The first-order valence-electron chi connectivity index (χ1n) is 8.06. The van der Waals surface area contributed by atoms with Crippen LogP contribution >= 0.6 is 46.6 Å². The Balaban J connectivity index is 1.54. The lowest BCUT2D eigenvalue weighted by Gasteiger charge is -2.07. The minimum atomic E-state index is -0.294. The number of rotatable bonds is 7. The highest BCUT2D eigenvalue weighted by molar-refractivity contribution is 7.99. The quantitative estimate of drug-likeness (QED) is 0.207. The van der Waals surface area contributed by atoms with Gasteiger partial charge in [0.05, 0.1) is 27.7 Å². The second kappa shape index (κ2) is 9.84.